The summed E-state index contributed by atoms with van der Waals surface area (Å²) in [5, 5.41) is 15.2. The van der Waals surface area contributed by atoms with Gasteiger partial charge in [-0.1, -0.05) is 12.1 Å². The first kappa shape index (κ1) is 22.8. The van der Waals surface area contributed by atoms with Crippen molar-refractivity contribution < 1.29 is 27.1 Å². The first-order valence-corrected chi connectivity index (χ1v) is 11.9. The number of fused-ring (bicyclic) bond motifs is 1. The number of ether oxygens (including phenoxy) is 1. The summed E-state index contributed by atoms with van der Waals surface area (Å²) in [5.41, 5.74) is 2.50. The Bertz CT molecular complexity index is 1160. The molecule has 1 aromatic heterocycles. The van der Waals surface area contributed by atoms with E-state index in [1.165, 1.54) is 12.1 Å². The number of carbonyl (C=O) groups is 1. The van der Waals surface area contributed by atoms with E-state index in [0.29, 0.717) is 33.1 Å². The van der Waals surface area contributed by atoms with Crippen LogP contribution in [0.1, 0.15) is 36.6 Å². The maximum absolute atomic E-state index is 12.8. The molecule has 0 radical (unpaired) electrons. The number of esters is 1. The summed E-state index contributed by atoms with van der Waals surface area (Å²) in [7, 11) is -3.62. The van der Waals surface area contributed by atoms with Gasteiger partial charge in [-0.2, -0.15) is 12.8 Å². The van der Waals surface area contributed by atoms with Crippen LogP contribution in [0, 0.1) is 10.1 Å². The van der Waals surface area contributed by atoms with Crippen molar-refractivity contribution in [3.05, 3.63) is 62.5 Å². The van der Waals surface area contributed by atoms with Gasteiger partial charge < -0.3 is 10.1 Å². The van der Waals surface area contributed by atoms with Crippen LogP contribution in [0.2, 0.25) is 0 Å². The zero-order valence-electron chi connectivity index (χ0n) is 17.1. The molecule has 2 heterocycles. The summed E-state index contributed by atoms with van der Waals surface area (Å²) in [6.45, 7) is 3.47. The second kappa shape index (κ2) is 9.12. The molecule has 0 fully saturated rings. The summed E-state index contributed by atoms with van der Waals surface area (Å²) in [6, 6.07) is 6.05. The quantitative estimate of drug-likeness (QED) is 0.269. The van der Waals surface area contributed by atoms with E-state index >= 15 is 0 Å². The number of nitrogens with one attached hydrogen (secondary N) is 1. The standard InChI is InChI=1S/C19H21N3O7S2/c1-4-28-19(23)15-11(2)20-18-17(14(21-30-18)8-9-29-31(3,26)27)16(15)12-6-5-7-13(10-12)22(24)25/h5-7,10,16,20H,4,8-9H2,1-3H3. The zero-order valence-corrected chi connectivity index (χ0v) is 18.7. The second-order valence-electron chi connectivity index (χ2n) is 6.82. The second-order valence-corrected chi connectivity index (χ2v) is 9.23. The number of allylic oxidation sites excluding steroid dienone is 1. The smallest absolute Gasteiger partial charge is 0.336 e. The van der Waals surface area contributed by atoms with Crippen molar-refractivity contribution >= 4 is 38.3 Å². The Balaban J connectivity index is 2.11. The number of hydrogen-bond donors (Lipinski definition) is 1. The van der Waals surface area contributed by atoms with E-state index in [0.717, 1.165) is 17.8 Å². The normalized spacial score (nSPS) is 15.9. The molecule has 166 valence electrons. The van der Waals surface area contributed by atoms with Gasteiger partial charge in [-0.25, -0.2) is 4.79 Å². The number of non-ortho nitro benzene ring substituents is 1. The van der Waals surface area contributed by atoms with Gasteiger partial charge in [0, 0.05) is 35.7 Å². The van der Waals surface area contributed by atoms with Gasteiger partial charge in [-0.05, 0) is 30.9 Å². The van der Waals surface area contributed by atoms with Crippen LogP contribution in [-0.4, -0.2) is 43.2 Å². The predicted molar refractivity (Wildman–Crippen MR) is 115 cm³/mol. The van der Waals surface area contributed by atoms with E-state index in [1.54, 1.807) is 26.0 Å². The Labute approximate surface area is 183 Å². The molecule has 1 aliphatic heterocycles. The first-order chi connectivity index (χ1) is 14.6. The Hall–Kier alpha value is -2.83. The van der Waals surface area contributed by atoms with Crippen LogP contribution < -0.4 is 5.32 Å². The van der Waals surface area contributed by atoms with Crippen LogP contribution in [0.5, 0.6) is 0 Å². The molecule has 0 saturated heterocycles. The Morgan fingerprint density at radius 3 is 2.77 bits per heavy atom. The highest BCUT2D eigenvalue weighted by molar-refractivity contribution is 7.85. The number of hydrogen-bond acceptors (Lipinski definition) is 10. The van der Waals surface area contributed by atoms with Crippen LogP contribution >= 0.6 is 11.5 Å². The average Bonchev–Trinajstić information content (AvgIpc) is 3.08. The van der Waals surface area contributed by atoms with Gasteiger partial charge in [0.15, 0.2) is 0 Å². The van der Waals surface area contributed by atoms with Gasteiger partial charge in [-0.3, -0.25) is 14.3 Å². The number of aromatic nitrogens is 1. The van der Waals surface area contributed by atoms with Crippen molar-refractivity contribution in [2.24, 2.45) is 0 Å². The molecule has 0 aliphatic carbocycles. The van der Waals surface area contributed by atoms with Crippen molar-refractivity contribution in [3.63, 3.8) is 0 Å². The molecule has 31 heavy (non-hydrogen) atoms. The van der Waals surface area contributed by atoms with Crippen molar-refractivity contribution in [3.8, 4) is 0 Å². The number of carbonyl (C=O) groups excluding carboxylic acids is 1. The van der Waals surface area contributed by atoms with Gasteiger partial charge in [-0.15, -0.1) is 0 Å². The van der Waals surface area contributed by atoms with Crippen molar-refractivity contribution in [2.45, 2.75) is 26.2 Å². The van der Waals surface area contributed by atoms with Crippen molar-refractivity contribution in [1.29, 1.82) is 0 Å². The third kappa shape index (κ3) is 5.09. The SMILES string of the molecule is CCOC(=O)C1=C(C)Nc2snc(CCOS(C)(=O)=O)c2C1c1cccc([N+](=O)[O-])c1. The van der Waals surface area contributed by atoms with E-state index in [4.69, 9.17) is 8.92 Å². The van der Waals surface area contributed by atoms with Crippen LogP contribution in [0.4, 0.5) is 10.7 Å². The van der Waals surface area contributed by atoms with E-state index in [-0.39, 0.29) is 25.3 Å². The molecule has 0 saturated carbocycles. The summed E-state index contributed by atoms with van der Waals surface area (Å²) < 4.78 is 37.1. The van der Waals surface area contributed by atoms with Crippen molar-refractivity contribution in [2.75, 3.05) is 24.8 Å². The molecule has 1 aliphatic rings. The summed E-state index contributed by atoms with van der Waals surface area (Å²) >= 11 is 1.16. The molecule has 0 spiro atoms. The van der Waals surface area contributed by atoms with E-state index in [2.05, 4.69) is 9.69 Å². The van der Waals surface area contributed by atoms with Crippen LogP contribution in [0.3, 0.4) is 0 Å². The maximum atomic E-state index is 12.8. The molecule has 10 nitrogen and oxygen atoms in total. The van der Waals surface area contributed by atoms with Gasteiger partial charge in [0.2, 0.25) is 0 Å². The molecule has 0 amide bonds. The van der Waals surface area contributed by atoms with Gasteiger partial charge in [0.05, 0.1) is 35.7 Å². The Morgan fingerprint density at radius 2 is 2.13 bits per heavy atom. The summed E-state index contributed by atoms with van der Waals surface area (Å²) in [6.07, 6.45) is 1.14. The molecule has 0 bridgehead atoms. The fraction of sp³-hybridized carbons (Fsp3) is 0.368. The molecular formula is C19H21N3O7S2. The Morgan fingerprint density at radius 1 is 1.39 bits per heavy atom. The fourth-order valence-corrected chi connectivity index (χ4v) is 4.73. The lowest BCUT2D eigenvalue weighted by Gasteiger charge is -2.28. The minimum absolute atomic E-state index is 0.108. The highest BCUT2D eigenvalue weighted by Crippen LogP contribution is 2.46. The molecule has 12 heteroatoms. The third-order valence-corrected chi connectivity index (χ3v) is 6.04. The molecular weight excluding hydrogens is 446 g/mol. The third-order valence-electron chi connectivity index (χ3n) is 4.63. The lowest BCUT2D eigenvalue weighted by molar-refractivity contribution is -0.384. The molecule has 1 N–H and O–H groups in total. The lowest BCUT2D eigenvalue weighted by Crippen LogP contribution is -2.24. The van der Waals surface area contributed by atoms with Crippen LogP contribution in [0.25, 0.3) is 0 Å². The first-order valence-electron chi connectivity index (χ1n) is 9.34. The maximum Gasteiger partial charge on any atom is 0.336 e. The molecule has 3 rings (SSSR count). The lowest BCUT2D eigenvalue weighted by atomic mass is 9.81. The van der Waals surface area contributed by atoms with Gasteiger partial charge in [0.25, 0.3) is 15.8 Å². The highest BCUT2D eigenvalue weighted by atomic mass is 32.2. The van der Waals surface area contributed by atoms with E-state index < -0.39 is 26.9 Å². The van der Waals surface area contributed by atoms with E-state index in [1.807, 2.05) is 0 Å². The molecule has 1 aromatic carbocycles. The number of rotatable bonds is 8. The number of nitro benzene ring substituents is 1. The predicted octanol–water partition coefficient (Wildman–Crippen LogP) is 2.96. The minimum Gasteiger partial charge on any atom is -0.463 e. The van der Waals surface area contributed by atoms with Crippen LogP contribution in [-0.2, 0) is 30.3 Å². The topological polar surface area (TPSA) is 138 Å². The summed E-state index contributed by atoms with van der Waals surface area (Å²) in [4.78, 5) is 23.6. The number of anilines is 1. The van der Waals surface area contributed by atoms with Gasteiger partial charge in [0.1, 0.15) is 5.00 Å². The minimum atomic E-state index is -3.62. The average molecular weight is 468 g/mol. The summed E-state index contributed by atoms with van der Waals surface area (Å²) in [5.74, 6) is -1.21. The fourth-order valence-electron chi connectivity index (χ4n) is 3.42. The van der Waals surface area contributed by atoms with Crippen LogP contribution in [0.15, 0.2) is 35.5 Å². The molecule has 2 aromatic rings. The largest absolute Gasteiger partial charge is 0.463 e. The van der Waals surface area contributed by atoms with Crippen molar-refractivity contribution in [1.82, 2.24) is 4.37 Å². The zero-order chi connectivity index (χ0) is 22.8. The molecule has 1 atom stereocenters. The number of nitro groups is 1. The number of benzene rings is 1. The van der Waals surface area contributed by atoms with E-state index in [9.17, 15) is 23.3 Å². The monoisotopic (exact) mass is 467 g/mol. The Kier molecular flexibility index (Phi) is 6.72. The highest BCUT2D eigenvalue weighted by Gasteiger charge is 2.37. The van der Waals surface area contributed by atoms with Gasteiger partial charge >= 0.3 is 5.97 Å². The molecule has 1 unspecified atom stereocenters. The number of nitrogens with zero attached hydrogens (tertiary/aromatic N) is 2.